The van der Waals surface area contributed by atoms with Gasteiger partial charge in [-0.05, 0) is 17.7 Å². The van der Waals surface area contributed by atoms with Gasteiger partial charge in [0.2, 0.25) is 5.91 Å². The number of hydrogen-bond donors (Lipinski definition) is 2. The van der Waals surface area contributed by atoms with E-state index in [4.69, 9.17) is 16.7 Å². The number of halogens is 1. The molecule has 80 valence electrons. The van der Waals surface area contributed by atoms with E-state index in [0.29, 0.717) is 5.56 Å². The number of amides is 1. The third kappa shape index (κ3) is 2.95. The van der Waals surface area contributed by atoms with Crippen molar-refractivity contribution in [3.05, 3.63) is 34.3 Å². The molecule has 5 heteroatoms. The number of nitrogens with one attached hydrogen (secondary N) is 1. The van der Waals surface area contributed by atoms with Crippen molar-refractivity contribution in [3.63, 3.8) is 0 Å². The number of carbonyl (C=O) groups excluding carboxylic acids is 1. The molecule has 0 saturated heterocycles. The third-order valence-electron chi connectivity index (χ3n) is 1.90. The molecule has 0 fully saturated rings. The molecule has 1 rings (SSSR count). The molecule has 0 spiro atoms. The average molecular weight is 228 g/mol. The monoisotopic (exact) mass is 227 g/mol. The van der Waals surface area contributed by atoms with E-state index in [1.165, 1.54) is 19.2 Å². The molecule has 0 saturated carbocycles. The van der Waals surface area contributed by atoms with Crippen LogP contribution in [0.25, 0.3) is 0 Å². The maximum absolute atomic E-state index is 11.1. The Morgan fingerprint density at radius 3 is 2.67 bits per heavy atom. The summed E-state index contributed by atoms with van der Waals surface area (Å²) in [6.45, 7) is 0. The number of benzene rings is 1. The first-order valence-electron chi connectivity index (χ1n) is 4.27. The predicted octanol–water partition coefficient (Wildman–Crippen LogP) is 1.33. The van der Waals surface area contributed by atoms with E-state index in [1.54, 1.807) is 6.07 Å². The fourth-order valence-electron chi connectivity index (χ4n) is 1.12. The summed E-state index contributed by atoms with van der Waals surface area (Å²) < 4.78 is 0. The van der Waals surface area contributed by atoms with Crippen LogP contribution in [0.2, 0.25) is 5.02 Å². The van der Waals surface area contributed by atoms with Gasteiger partial charge < -0.3 is 10.4 Å². The highest BCUT2D eigenvalue weighted by molar-refractivity contribution is 6.33. The maximum Gasteiger partial charge on any atom is 0.337 e. The Hall–Kier alpha value is -1.55. The zero-order valence-corrected chi connectivity index (χ0v) is 8.84. The molecule has 4 nitrogen and oxygen atoms in total. The number of carbonyl (C=O) groups is 2. The third-order valence-corrected chi connectivity index (χ3v) is 2.23. The Kier molecular flexibility index (Phi) is 3.68. The van der Waals surface area contributed by atoms with Crippen molar-refractivity contribution in [1.82, 2.24) is 5.32 Å². The lowest BCUT2D eigenvalue weighted by Crippen LogP contribution is -2.20. The van der Waals surface area contributed by atoms with Crippen molar-refractivity contribution in [1.29, 1.82) is 0 Å². The van der Waals surface area contributed by atoms with Crippen LogP contribution in [0.15, 0.2) is 18.2 Å². The van der Waals surface area contributed by atoms with Crippen LogP contribution in [0.4, 0.5) is 0 Å². The van der Waals surface area contributed by atoms with Gasteiger partial charge in [-0.2, -0.15) is 0 Å². The van der Waals surface area contributed by atoms with Gasteiger partial charge in [0.1, 0.15) is 0 Å². The summed E-state index contributed by atoms with van der Waals surface area (Å²) in [4.78, 5) is 21.8. The largest absolute Gasteiger partial charge is 0.478 e. The molecule has 15 heavy (non-hydrogen) atoms. The van der Waals surface area contributed by atoms with E-state index >= 15 is 0 Å². The van der Waals surface area contributed by atoms with Crippen LogP contribution in [0.1, 0.15) is 15.9 Å². The molecule has 0 heterocycles. The van der Waals surface area contributed by atoms with Crippen LogP contribution < -0.4 is 5.32 Å². The van der Waals surface area contributed by atoms with Crippen molar-refractivity contribution in [2.75, 3.05) is 7.05 Å². The molecule has 1 aromatic carbocycles. The smallest absolute Gasteiger partial charge is 0.337 e. The van der Waals surface area contributed by atoms with Crippen LogP contribution >= 0.6 is 11.6 Å². The van der Waals surface area contributed by atoms with Gasteiger partial charge >= 0.3 is 5.97 Å². The zero-order chi connectivity index (χ0) is 11.4. The molecule has 0 bridgehead atoms. The summed E-state index contributed by atoms with van der Waals surface area (Å²) >= 11 is 5.68. The van der Waals surface area contributed by atoms with Gasteiger partial charge in [0.05, 0.1) is 17.0 Å². The van der Waals surface area contributed by atoms with E-state index in [9.17, 15) is 9.59 Å². The Morgan fingerprint density at radius 1 is 1.47 bits per heavy atom. The Bertz CT molecular complexity index is 404. The van der Waals surface area contributed by atoms with E-state index in [2.05, 4.69) is 5.32 Å². The fraction of sp³-hybridized carbons (Fsp3) is 0.200. The fourth-order valence-corrected chi connectivity index (χ4v) is 1.32. The Labute approximate surface area is 91.9 Å². The molecule has 0 aliphatic heterocycles. The van der Waals surface area contributed by atoms with Gasteiger partial charge in [-0.3, -0.25) is 4.79 Å². The molecule has 0 aliphatic carbocycles. The highest BCUT2D eigenvalue weighted by Gasteiger charge is 2.10. The number of aromatic carboxylic acids is 1. The molecule has 2 N–H and O–H groups in total. The number of carboxylic acid groups (broad SMARTS) is 1. The lowest BCUT2D eigenvalue weighted by atomic mass is 10.1. The molecule has 0 radical (unpaired) electrons. The van der Waals surface area contributed by atoms with E-state index in [0.717, 1.165) is 0 Å². The van der Waals surface area contributed by atoms with Crippen molar-refractivity contribution in [2.24, 2.45) is 0 Å². The normalized spacial score (nSPS) is 9.73. The van der Waals surface area contributed by atoms with Gasteiger partial charge in [-0.25, -0.2) is 4.79 Å². The first-order valence-corrected chi connectivity index (χ1v) is 4.64. The average Bonchev–Trinajstić information content (AvgIpc) is 2.20. The lowest BCUT2D eigenvalue weighted by molar-refractivity contribution is -0.119. The zero-order valence-electron chi connectivity index (χ0n) is 8.08. The van der Waals surface area contributed by atoms with Crippen molar-refractivity contribution in [3.8, 4) is 0 Å². The van der Waals surface area contributed by atoms with Crippen LogP contribution in [-0.4, -0.2) is 24.0 Å². The summed E-state index contributed by atoms with van der Waals surface area (Å²) in [6, 6.07) is 4.51. The van der Waals surface area contributed by atoms with Crippen molar-refractivity contribution < 1.29 is 14.7 Å². The van der Waals surface area contributed by atoms with Crippen LogP contribution in [0, 0.1) is 0 Å². The standard InChI is InChI=1S/C10H10ClNO3/c1-12-9(13)5-6-2-3-8(11)7(4-6)10(14)15/h2-4H,5H2,1H3,(H,12,13)(H,14,15). The number of likely N-dealkylation sites (N-methyl/N-ethyl adjacent to an activating group) is 1. The minimum atomic E-state index is -1.10. The number of rotatable bonds is 3. The lowest BCUT2D eigenvalue weighted by Gasteiger charge is -2.03. The van der Waals surface area contributed by atoms with Crippen molar-refractivity contribution in [2.45, 2.75) is 6.42 Å². The first kappa shape index (κ1) is 11.5. The molecule has 1 aromatic rings. The predicted molar refractivity (Wildman–Crippen MR) is 56.2 cm³/mol. The first-order chi connectivity index (χ1) is 7.04. The topological polar surface area (TPSA) is 66.4 Å². The number of hydrogen-bond acceptors (Lipinski definition) is 2. The van der Waals surface area contributed by atoms with E-state index in [-0.39, 0.29) is 22.9 Å². The van der Waals surface area contributed by atoms with Crippen LogP contribution in [-0.2, 0) is 11.2 Å². The molecule has 0 unspecified atom stereocenters. The highest BCUT2D eigenvalue weighted by atomic mass is 35.5. The second kappa shape index (κ2) is 4.79. The van der Waals surface area contributed by atoms with Crippen LogP contribution in [0.3, 0.4) is 0 Å². The minimum Gasteiger partial charge on any atom is -0.478 e. The number of carboxylic acids is 1. The summed E-state index contributed by atoms with van der Waals surface area (Å²) in [5.74, 6) is -1.27. The van der Waals surface area contributed by atoms with E-state index in [1.807, 2.05) is 0 Å². The highest BCUT2D eigenvalue weighted by Crippen LogP contribution is 2.17. The van der Waals surface area contributed by atoms with E-state index < -0.39 is 5.97 Å². The summed E-state index contributed by atoms with van der Waals surface area (Å²) in [7, 11) is 1.52. The van der Waals surface area contributed by atoms with Gasteiger partial charge in [-0.1, -0.05) is 17.7 Å². The summed E-state index contributed by atoms with van der Waals surface area (Å²) in [5.41, 5.74) is 0.634. The molecule has 1 amide bonds. The van der Waals surface area contributed by atoms with Gasteiger partial charge in [0.15, 0.2) is 0 Å². The Morgan fingerprint density at radius 2 is 2.13 bits per heavy atom. The quantitative estimate of drug-likeness (QED) is 0.819. The van der Waals surface area contributed by atoms with Crippen molar-refractivity contribution >= 4 is 23.5 Å². The Balaban J connectivity index is 2.97. The summed E-state index contributed by atoms with van der Waals surface area (Å²) in [5, 5.41) is 11.4. The molecule has 0 atom stereocenters. The maximum atomic E-state index is 11.1. The SMILES string of the molecule is CNC(=O)Cc1ccc(Cl)c(C(=O)O)c1. The van der Waals surface area contributed by atoms with Crippen LogP contribution in [0.5, 0.6) is 0 Å². The summed E-state index contributed by atoms with van der Waals surface area (Å²) in [6.07, 6.45) is 0.147. The molecular weight excluding hydrogens is 218 g/mol. The molecule has 0 aliphatic rings. The molecule has 0 aromatic heterocycles. The van der Waals surface area contributed by atoms with Gasteiger partial charge in [0.25, 0.3) is 0 Å². The molecular formula is C10H10ClNO3. The van der Waals surface area contributed by atoms with Gasteiger partial charge in [0, 0.05) is 7.05 Å². The van der Waals surface area contributed by atoms with Gasteiger partial charge in [-0.15, -0.1) is 0 Å². The second-order valence-corrected chi connectivity index (χ2v) is 3.38. The second-order valence-electron chi connectivity index (χ2n) is 2.97. The minimum absolute atomic E-state index is 0.0121.